The van der Waals surface area contributed by atoms with Crippen LogP contribution in [0.1, 0.15) is 52.4 Å². The highest BCUT2D eigenvalue weighted by molar-refractivity contribution is 4.83. The normalized spacial score (nSPS) is 26.5. The van der Waals surface area contributed by atoms with E-state index in [1.165, 1.54) is 38.6 Å². The molecule has 3 heteroatoms. The molecule has 1 atom stereocenters. The number of rotatable bonds is 8. The zero-order chi connectivity index (χ0) is 13.4. The van der Waals surface area contributed by atoms with E-state index in [4.69, 9.17) is 4.74 Å². The van der Waals surface area contributed by atoms with Crippen LogP contribution in [0.25, 0.3) is 0 Å². The molecule has 0 bridgehead atoms. The molecule has 0 aromatic heterocycles. The summed E-state index contributed by atoms with van der Waals surface area (Å²) in [6, 6.07) is 2.18. The van der Waals surface area contributed by atoms with Crippen molar-refractivity contribution in [2.45, 2.75) is 70.5 Å². The summed E-state index contributed by atoms with van der Waals surface area (Å²) in [7, 11) is 4.07. The van der Waals surface area contributed by atoms with Crippen LogP contribution in [0.5, 0.6) is 0 Å². The van der Waals surface area contributed by atoms with E-state index in [1.54, 1.807) is 7.11 Å². The van der Waals surface area contributed by atoms with Crippen molar-refractivity contribution in [2.75, 3.05) is 27.3 Å². The lowest BCUT2D eigenvalue weighted by Gasteiger charge is -2.38. The lowest BCUT2D eigenvalue weighted by Crippen LogP contribution is -2.44. The maximum atomic E-state index is 5.17. The van der Waals surface area contributed by atoms with Crippen LogP contribution < -0.4 is 5.32 Å². The van der Waals surface area contributed by atoms with Crippen LogP contribution in [-0.2, 0) is 4.74 Å². The summed E-state index contributed by atoms with van der Waals surface area (Å²) in [6.45, 7) is 6.61. The Balaban J connectivity index is 2.24. The first-order valence-electron chi connectivity index (χ1n) is 7.63. The smallest absolute Gasteiger partial charge is 0.0477 e. The fourth-order valence-corrected chi connectivity index (χ4v) is 2.89. The number of hydrogen-bond donors (Lipinski definition) is 1. The van der Waals surface area contributed by atoms with Crippen molar-refractivity contribution in [2.24, 2.45) is 0 Å². The quantitative estimate of drug-likeness (QED) is 0.722. The van der Waals surface area contributed by atoms with Crippen LogP contribution in [0, 0.1) is 0 Å². The number of nitrogens with one attached hydrogen (secondary N) is 1. The van der Waals surface area contributed by atoms with Gasteiger partial charge in [0.1, 0.15) is 0 Å². The molecule has 0 aromatic rings. The van der Waals surface area contributed by atoms with Gasteiger partial charge in [0, 0.05) is 31.8 Å². The number of methoxy groups -OCH3 is 1. The molecule has 1 rings (SSSR count). The van der Waals surface area contributed by atoms with Gasteiger partial charge in [-0.3, -0.25) is 0 Å². The maximum absolute atomic E-state index is 5.17. The molecule has 1 aliphatic rings. The second-order valence-electron chi connectivity index (χ2n) is 5.76. The first-order chi connectivity index (χ1) is 8.69. The number of ether oxygens (including phenoxy) is 1. The van der Waals surface area contributed by atoms with Gasteiger partial charge in [-0.1, -0.05) is 6.92 Å². The predicted octanol–water partition coefficient (Wildman–Crippen LogP) is 2.65. The van der Waals surface area contributed by atoms with Gasteiger partial charge < -0.3 is 15.0 Å². The lowest BCUT2D eigenvalue weighted by molar-refractivity contribution is 0.103. The molecule has 0 saturated heterocycles. The minimum absolute atomic E-state index is 0.634. The van der Waals surface area contributed by atoms with E-state index in [0.717, 1.165) is 25.1 Å². The number of nitrogens with zero attached hydrogens (tertiary/aromatic N) is 1. The molecule has 0 aliphatic heterocycles. The van der Waals surface area contributed by atoms with Crippen molar-refractivity contribution < 1.29 is 4.74 Å². The molecule has 0 radical (unpaired) electrons. The van der Waals surface area contributed by atoms with Crippen LogP contribution in [0.3, 0.4) is 0 Å². The maximum Gasteiger partial charge on any atom is 0.0477 e. The van der Waals surface area contributed by atoms with Gasteiger partial charge in [0.15, 0.2) is 0 Å². The Morgan fingerprint density at radius 1 is 1.28 bits per heavy atom. The summed E-state index contributed by atoms with van der Waals surface area (Å²) in [5.74, 6) is 0. The molecule has 0 aromatic carbocycles. The van der Waals surface area contributed by atoms with Crippen LogP contribution in [0.4, 0.5) is 0 Å². The Hall–Kier alpha value is -0.120. The third-order valence-corrected chi connectivity index (χ3v) is 4.39. The molecule has 3 nitrogen and oxygen atoms in total. The fraction of sp³-hybridized carbons (Fsp3) is 1.00. The number of hydrogen-bond acceptors (Lipinski definition) is 3. The Morgan fingerprint density at radius 2 is 1.94 bits per heavy atom. The van der Waals surface area contributed by atoms with Gasteiger partial charge in [0.05, 0.1) is 0 Å². The van der Waals surface area contributed by atoms with E-state index >= 15 is 0 Å². The highest BCUT2D eigenvalue weighted by Gasteiger charge is 2.25. The van der Waals surface area contributed by atoms with E-state index in [0.29, 0.717) is 6.04 Å². The van der Waals surface area contributed by atoms with Crippen LogP contribution in [0.15, 0.2) is 0 Å². The van der Waals surface area contributed by atoms with Gasteiger partial charge >= 0.3 is 0 Å². The topological polar surface area (TPSA) is 24.5 Å². The molecule has 0 spiro atoms. The standard InChI is InChI=1S/C15H32N2O/c1-5-11-16-14-6-8-15(9-7-14)17(3)13(2)10-12-18-4/h13-16H,5-12H2,1-4H3. The van der Waals surface area contributed by atoms with Gasteiger partial charge in [0.2, 0.25) is 0 Å². The highest BCUT2D eigenvalue weighted by atomic mass is 16.5. The first-order valence-corrected chi connectivity index (χ1v) is 7.63. The molecule has 1 N–H and O–H groups in total. The molecule has 0 amide bonds. The van der Waals surface area contributed by atoms with Crippen molar-refractivity contribution in [1.82, 2.24) is 10.2 Å². The largest absolute Gasteiger partial charge is 0.385 e. The fourth-order valence-electron chi connectivity index (χ4n) is 2.89. The van der Waals surface area contributed by atoms with Gasteiger partial charge in [0.25, 0.3) is 0 Å². The average molecular weight is 256 g/mol. The summed E-state index contributed by atoms with van der Waals surface area (Å²) in [4.78, 5) is 2.56. The summed E-state index contributed by atoms with van der Waals surface area (Å²) in [5, 5.41) is 3.66. The van der Waals surface area contributed by atoms with Crippen molar-refractivity contribution in [3.8, 4) is 0 Å². The molecule has 1 unspecified atom stereocenters. The van der Waals surface area contributed by atoms with Gasteiger partial charge in [-0.15, -0.1) is 0 Å². The minimum atomic E-state index is 0.634. The summed E-state index contributed by atoms with van der Waals surface area (Å²) in [6.07, 6.45) is 7.75. The Bertz CT molecular complexity index is 203. The molecule has 0 heterocycles. The molecule has 108 valence electrons. The average Bonchev–Trinajstić information content (AvgIpc) is 2.42. The molecule has 1 aliphatic carbocycles. The predicted molar refractivity (Wildman–Crippen MR) is 78.1 cm³/mol. The molecule has 1 fully saturated rings. The van der Waals surface area contributed by atoms with E-state index in [2.05, 4.69) is 31.1 Å². The zero-order valence-electron chi connectivity index (χ0n) is 12.7. The minimum Gasteiger partial charge on any atom is -0.385 e. The first kappa shape index (κ1) is 15.9. The van der Waals surface area contributed by atoms with E-state index in [9.17, 15) is 0 Å². The van der Waals surface area contributed by atoms with Crippen molar-refractivity contribution in [3.63, 3.8) is 0 Å². The van der Waals surface area contributed by atoms with Crippen LogP contribution >= 0.6 is 0 Å². The summed E-state index contributed by atoms with van der Waals surface area (Å²) < 4.78 is 5.17. The van der Waals surface area contributed by atoms with Crippen molar-refractivity contribution in [3.05, 3.63) is 0 Å². The Labute approximate surface area is 113 Å². The van der Waals surface area contributed by atoms with E-state index in [1.807, 2.05) is 0 Å². The summed E-state index contributed by atoms with van der Waals surface area (Å²) in [5.41, 5.74) is 0. The molecular weight excluding hydrogens is 224 g/mol. The molecule has 18 heavy (non-hydrogen) atoms. The zero-order valence-corrected chi connectivity index (χ0v) is 12.7. The second kappa shape index (κ2) is 8.89. The van der Waals surface area contributed by atoms with E-state index in [-0.39, 0.29) is 0 Å². The Morgan fingerprint density at radius 3 is 2.50 bits per heavy atom. The molecular formula is C15H32N2O. The van der Waals surface area contributed by atoms with E-state index < -0.39 is 0 Å². The molecule has 1 saturated carbocycles. The third kappa shape index (κ3) is 5.25. The van der Waals surface area contributed by atoms with Gasteiger partial charge in [-0.05, 0) is 59.0 Å². The van der Waals surface area contributed by atoms with Gasteiger partial charge in [-0.2, -0.15) is 0 Å². The second-order valence-corrected chi connectivity index (χ2v) is 5.76. The SMILES string of the molecule is CCCNC1CCC(N(C)C(C)CCOC)CC1. The third-order valence-electron chi connectivity index (χ3n) is 4.39. The van der Waals surface area contributed by atoms with Crippen LogP contribution in [0.2, 0.25) is 0 Å². The summed E-state index contributed by atoms with van der Waals surface area (Å²) >= 11 is 0. The lowest BCUT2D eigenvalue weighted by atomic mass is 9.89. The van der Waals surface area contributed by atoms with Crippen molar-refractivity contribution in [1.29, 1.82) is 0 Å². The van der Waals surface area contributed by atoms with Crippen molar-refractivity contribution >= 4 is 0 Å². The monoisotopic (exact) mass is 256 g/mol. The Kier molecular flexibility index (Phi) is 7.87. The van der Waals surface area contributed by atoms with Gasteiger partial charge in [-0.25, -0.2) is 0 Å². The highest BCUT2D eigenvalue weighted by Crippen LogP contribution is 2.24. The van der Waals surface area contributed by atoms with Crippen LogP contribution in [-0.4, -0.2) is 50.3 Å².